The maximum absolute atomic E-state index is 4.42. The zero-order valence-electron chi connectivity index (χ0n) is 10.1. The van der Waals surface area contributed by atoms with Crippen LogP contribution in [0.25, 0.3) is 0 Å². The van der Waals surface area contributed by atoms with Crippen molar-refractivity contribution in [3.05, 3.63) is 47.5 Å². The number of aryl methyl sites for hydroxylation is 1. The number of hydrogen-bond donors (Lipinski definition) is 1. The summed E-state index contributed by atoms with van der Waals surface area (Å²) >= 11 is 0. The summed E-state index contributed by atoms with van der Waals surface area (Å²) in [5.74, 6) is 0.642. The van der Waals surface area contributed by atoms with E-state index in [1.54, 1.807) is 7.05 Å². The fourth-order valence-electron chi connectivity index (χ4n) is 1.55. The first-order chi connectivity index (χ1) is 8.31. The predicted octanol–water partition coefficient (Wildman–Crippen LogP) is 2.07. The molecule has 17 heavy (non-hydrogen) atoms. The van der Waals surface area contributed by atoms with Crippen LogP contribution in [0.4, 0.5) is 5.95 Å². The molecule has 0 radical (unpaired) electrons. The van der Waals surface area contributed by atoms with Crippen LogP contribution in [-0.4, -0.2) is 22.0 Å². The molecule has 88 valence electrons. The van der Waals surface area contributed by atoms with E-state index in [2.05, 4.69) is 39.3 Å². The van der Waals surface area contributed by atoms with Gasteiger partial charge in [-0.25, -0.2) is 9.97 Å². The third kappa shape index (κ3) is 3.00. The van der Waals surface area contributed by atoms with Gasteiger partial charge in [0.15, 0.2) is 0 Å². The van der Waals surface area contributed by atoms with Crippen molar-refractivity contribution in [3.63, 3.8) is 0 Å². The van der Waals surface area contributed by atoms with Crippen LogP contribution in [0.15, 0.2) is 30.7 Å². The van der Waals surface area contributed by atoms with E-state index in [4.69, 9.17) is 0 Å². The van der Waals surface area contributed by atoms with E-state index >= 15 is 0 Å². The van der Waals surface area contributed by atoms with Crippen LogP contribution in [0, 0.1) is 0 Å². The monoisotopic (exact) mass is 228 g/mol. The summed E-state index contributed by atoms with van der Waals surface area (Å²) in [4.78, 5) is 12.8. The molecule has 4 nitrogen and oxygen atoms in total. The number of rotatable bonds is 4. The van der Waals surface area contributed by atoms with Crippen molar-refractivity contribution in [1.29, 1.82) is 0 Å². The van der Waals surface area contributed by atoms with Crippen LogP contribution in [0.1, 0.15) is 23.7 Å². The number of nitrogens with one attached hydrogen (secondary N) is 1. The standard InChI is InChI=1S/C13H16N4/c1-3-10-4-5-12(15-7-10)6-11-8-16-13(14-2)17-9-11/h4-5,7-9H,3,6H2,1-2H3,(H,14,16,17). The molecule has 0 aliphatic heterocycles. The quantitative estimate of drug-likeness (QED) is 0.870. The van der Waals surface area contributed by atoms with Crippen LogP contribution in [-0.2, 0) is 12.8 Å². The van der Waals surface area contributed by atoms with Gasteiger partial charge >= 0.3 is 0 Å². The van der Waals surface area contributed by atoms with Gasteiger partial charge in [-0.1, -0.05) is 13.0 Å². The van der Waals surface area contributed by atoms with Crippen molar-refractivity contribution < 1.29 is 0 Å². The van der Waals surface area contributed by atoms with Gasteiger partial charge in [-0.05, 0) is 23.6 Å². The van der Waals surface area contributed by atoms with Crippen LogP contribution in [0.2, 0.25) is 0 Å². The second-order valence-electron chi connectivity index (χ2n) is 3.85. The predicted molar refractivity (Wildman–Crippen MR) is 68.0 cm³/mol. The fraction of sp³-hybridized carbons (Fsp3) is 0.308. The summed E-state index contributed by atoms with van der Waals surface area (Å²) in [6.07, 6.45) is 7.38. The molecule has 2 aromatic heterocycles. The number of nitrogens with zero attached hydrogens (tertiary/aromatic N) is 3. The summed E-state index contributed by atoms with van der Waals surface area (Å²) < 4.78 is 0. The Morgan fingerprint density at radius 3 is 2.24 bits per heavy atom. The minimum Gasteiger partial charge on any atom is -0.357 e. The first-order valence-corrected chi connectivity index (χ1v) is 5.74. The van der Waals surface area contributed by atoms with Gasteiger partial charge in [0.2, 0.25) is 5.95 Å². The summed E-state index contributed by atoms with van der Waals surface area (Å²) in [7, 11) is 1.81. The molecule has 2 aromatic rings. The molecular weight excluding hydrogens is 212 g/mol. The van der Waals surface area contributed by atoms with Crippen molar-refractivity contribution in [1.82, 2.24) is 15.0 Å². The Hall–Kier alpha value is -1.97. The molecule has 4 heteroatoms. The zero-order valence-corrected chi connectivity index (χ0v) is 10.1. The molecule has 0 atom stereocenters. The second kappa shape index (κ2) is 5.39. The maximum atomic E-state index is 4.42. The third-order valence-electron chi connectivity index (χ3n) is 2.61. The number of aromatic nitrogens is 3. The van der Waals surface area contributed by atoms with Crippen molar-refractivity contribution in [3.8, 4) is 0 Å². The molecule has 0 bridgehead atoms. The van der Waals surface area contributed by atoms with E-state index in [9.17, 15) is 0 Å². The van der Waals surface area contributed by atoms with E-state index in [-0.39, 0.29) is 0 Å². The van der Waals surface area contributed by atoms with E-state index in [0.717, 1.165) is 24.1 Å². The normalized spacial score (nSPS) is 10.2. The highest BCUT2D eigenvalue weighted by Gasteiger charge is 2.00. The van der Waals surface area contributed by atoms with E-state index < -0.39 is 0 Å². The Balaban J connectivity index is 2.08. The van der Waals surface area contributed by atoms with Gasteiger partial charge in [0.05, 0.1) is 0 Å². The Morgan fingerprint density at radius 2 is 1.71 bits per heavy atom. The first kappa shape index (κ1) is 11.5. The second-order valence-corrected chi connectivity index (χ2v) is 3.85. The minimum absolute atomic E-state index is 0.642. The lowest BCUT2D eigenvalue weighted by molar-refractivity contribution is 1.00. The van der Waals surface area contributed by atoms with Crippen LogP contribution >= 0.6 is 0 Å². The summed E-state index contributed by atoms with van der Waals surface area (Å²) in [6.45, 7) is 2.13. The lowest BCUT2D eigenvalue weighted by atomic mass is 10.1. The Bertz CT molecular complexity index is 416. The molecule has 0 saturated heterocycles. The molecule has 0 spiro atoms. The molecule has 1 N–H and O–H groups in total. The maximum Gasteiger partial charge on any atom is 0.222 e. The average Bonchev–Trinajstić information content (AvgIpc) is 2.40. The average molecular weight is 228 g/mol. The molecule has 0 saturated carbocycles. The van der Waals surface area contributed by atoms with Gasteiger partial charge in [-0.3, -0.25) is 4.98 Å². The van der Waals surface area contributed by atoms with Crippen molar-refractivity contribution in [2.45, 2.75) is 19.8 Å². The number of hydrogen-bond acceptors (Lipinski definition) is 4. The Morgan fingerprint density at radius 1 is 1.00 bits per heavy atom. The number of pyridine rings is 1. The molecule has 0 aromatic carbocycles. The van der Waals surface area contributed by atoms with Gasteiger partial charge in [-0.15, -0.1) is 0 Å². The summed E-state index contributed by atoms with van der Waals surface area (Å²) in [5, 5.41) is 2.90. The number of anilines is 1. The SMILES string of the molecule is CCc1ccc(Cc2cnc(NC)nc2)nc1. The van der Waals surface area contributed by atoms with E-state index in [1.807, 2.05) is 18.6 Å². The molecule has 0 fully saturated rings. The van der Waals surface area contributed by atoms with Crippen LogP contribution in [0.5, 0.6) is 0 Å². The van der Waals surface area contributed by atoms with E-state index in [0.29, 0.717) is 5.95 Å². The summed E-state index contributed by atoms with van der Waals surface area (Å²) in [5.41, 5.74) is 3.37. The highest BCUT2D eigenvalue weighted by atomic mass is 15.1. The van der Waals surface area contributed by atoms with Gasteiger partial charge in [0, 0.05) is 37.8 Å². The molecule has 0 aliphatic carbocycles. The zero-order chi connectivity index (χ0) is 12.1. The van der Waals surface area contributed by atoms with Crippen molar-refractivity contribution in [2.75, 3.05) is 12.4 Å². The third-order valence-corrected chi connectivity index (χ3v) is 2.61. The molecule has 2 rings (SSSR count). The van der Waals surface area contributed by atoms with Crippen LogP contribution in [0.3, 0.4) is 0 Å². The van der Waals surface area contributed by atoms with Crippen LogP contribution < -0.4 is 5.32 Å². The fourth-order valence-corrected chi connectivity index (χ4v) is 1.55. The smallest absolute Gasteiger partial charge is 0.222 e. The van der Waals surface area contributed by atoms with Crippen molar-refractivity contribution in [2.24, 2.45) is 0 Å². The molecule has 2 heterocycles. The van der Waals surface area contributed by atoms with Crippen molar-refractivity contribution >= 4 is 5.95 Å². The molecular formula is C13H16N4. The summed E-state index contributed by atoms with van der Waals surface area (Å²) in [6, 6.07) is 4.18. The topological polar surface area (TPSA) is 50.7 Å². The highest BCUT2D eigenvalue weighted by molar-refractivity contribution is 5.25. The minimum atomic E-state index is 0.642. The van der Waals surface area contributed by atoms with Gasteiger partial charge in [-0.2, -0.15) is 0 Å². The Labute approximate surface area is 101 Å². The largest absolute Gasteiger partial charge is 0.357 e. The molecule has 0 amide bonds. The van der Waals surface area contributed by atoms with Gasteiger partial charge < -0.3 is 5.32 Å². The Kier molecular flexibility index (Phi) is 3.65. The molecule has 0 unspecified atom stereocenters. The lowest BCUT2D eigenvalue weighted by Gasteiger charge is -2.03. The van der Waals surface area contributed by atoms with Gasteiger partial charge in [0.1, 0.15) is 0 Å². The molecule has 0 aliphatic rings. The highest BCUT2D eigenvalue weighted by Crippen LogP contribution is 2.08. The van der Waals surface area contributed by atoms with E-state index in [1.165, 1.54) is 5.56 Å². The first-order valence-electron chi connectivity index (χ1n) is 5.74. The lowest BCUT2D eigenvalue weighted by Crippen LogP contribution is -1.99. The van der Waals surface area contributed by atoms with Gasteiger partial charge in [0.25, 0.3) is 0 Å².